The third-order valence-corrected chi connectivity index (χ3v) is 5.71. The molecule has 0 aromatic carbocycles. The minimum Gasteiger partial charge on any atom is -0.385 e. The fourth-order valence-electron chi connectivity index (χ4n) is 3.88. The molecule has 8 heteroatoms. The molecular formula is C20H26N6O2. The van der Waals surface area contributed by atoms with Crippen LogP contribution >= 0.6 is 0 Å². The molecule has 0 aliphatic heterocycles. The maximum atomic E-state index is 11.4. The van der Waals surface area contributed by atoms with Crippen LogP contribution in [0.3, 0.4) is 0 Å². The monoisotopic (exact) mass is 382 g/mol. The second-order valence-corrected chi connectivity index (χ2v) is 8.05. The number of carbonyl (C=O) groups excluding carboxylic acids is 1. The summed E-state index contributed by atoms with van der Waals surface area (Å²) >= 11 is 0. The number of aromatic nitrogens is 5. The molecule has 28 heavy (non-hydrogen) atoms. The Balaban J connectivity index is 1.70. The molecule has 8 nitrogen and oxygen atoms in total. The SMILES string of the molecule is CC(=O)NC1CC(n2cc(-c3cnc4nc[nH]c4c3)nc2C(O)C(C)C)C1C. The molecule has 148 valence electrons. The number of amides is 1. The fourth-order valence-corrected chi connectivity index (χ4v) is 3.88. The van der Waals surface area contributed by atoms with E-state index in [4.69, 9.17) is 4.98 Å². The van der Waals surface area contributed by atoms with Gasteiger partial charge in [-0.15, -0.1) is 0 Å². The van der Waals surface area contributed by atoms with Crippen LogP contribution in [0.5, 0.6) is 0 Å². The van der Waals surface area contributed by atoms with Crippen LogP contribution in [0, 0.1) is 11.8 Å². The van der Waals surface area contributed by atoms with Gasteiger partial charge in [-0.2, -0.15) is 0 Å². The molecule has 4 atom stereocenters. The van der Waals surface area contributed by atoms with Crippen LogP contribution in [0.1, 0.15) is 52.1 Å². The Labute approximate surface area is 163 Å². The fraction of sp³-hybridized carbons (Fsp3) is 0.500. The number of rotatable bonds is 5. The summed E-state index contributed by atoms with van der Waals surface area (Å²) in [5, 5.41) is 13.8. The zero-order valence-corrected chi connectivity index (χ0v) is 16.5. The number of nitrogens with zero attached hydrogens (tertiary/aromatic N) is 4. The second kappa shape index (κ2) is 7.01. The van der Waals surface area contributed by atoms with Crippen LogP contribution in [-0.4, -0.2) is 41.6 Å². The lowest BCUT2D eigenvalue weighted by molar-refractivity contribution is -0.121. The molecule has 1 aliphatic carbocycles. The number of H-pyrrole nitrogens is 1. The number of nitrogens with one attached hydrogen (secondary N) is 2. The van der Waals surface area contributed by atoms with Gasteiger partial charge in [-0.25, -0.2) is 15.0 Å². The van der Waals surface area contributed by atoms with Gasteiger partial charge in [0, 0.05) is 37.0 Å². The van der Waals surface area contributed by atoms with Crippen molar-refractivity contribution in [3.63, 3.8) is 0 Å². The Morgan fingerprint density at radius 3 is 2.86 bits per heavy atom. The number of aliphatic hydroxyl groups is 1. The van der Waals surface area contributed by atoms with Gasteiger partial charge in [0.25, 0.3) is 0 Å². The average Bonchev–Trinajstić information content (AvgIpc) is 3.29. The number of carbonyl (C=O) groups is 1. The summed E-state index contributed by atoms with van der Waals surface area (Å²) in [6.07, 6.45) is 5.53. The van der Waals surface area contributed by atoms with Crippen molar-refractivity contribution in [3.05, 3.63) is 30.6 Å². The van der Waals surface area contributed by atoms with E-state index < -0.39 is 6.10 Å². The van der Waals surface area contributed by atoms with E-state index in [-0.39, 0.29) is 29.8 Å². The van der Waals surface area contributed by atoms with Gasteiger partial charge in [0.1, 0.15) is 11.9 Å². The number of fused-ring (bicyclic) bond motifs is 1. The molecule has 0 spiro atoms. The van der Waals surface area contributed by atoms with Gasteiger partial charge in [0.15, 0.2) is 5.65 Å². The smallest absolute Gasteiger partial charge is 0.217 e. The predicted octanol–water partition coefficient (Wildman–Crippen LogP) is 2.60. The van der Waals surface area contributed by atoms with Gasteiger partial charge < -0.3 is 20.0 Å². The van der Waals surface area contributed by atoms with Crippen LogP contribution in [0.4, 0.5) is 0 Å². The van der Waals surface area contributed by atoms with Crippen molar-refractivity contribution in [3.8, 4) is 11.3 Å². The van der Waals surface area contributed by atoms with Gasteiger partial charge in [-0.3, -0.25) is 4.79 Å². The predicted molar refractivity (Wildman–Crippen MR) is 105 cm³/mol. The first-order valence-corrected chi connectivity index (χ1v) is 9.68. The van der Waals surface area contributed by atoms with Crippen LogP contribution in [0.25, 0.3) is 22.4 Å². The van der Waals surface area contributed by atoms with Crippen molar-refractivity contribution in [2.24, 2.45) is 11.8 Å². The normalized spacial score (nSPS) is 23.0. The number of imidazole rings is 2. The van der Waals surface area contributed by atoms with Crippen LogP contribution in [-0.2, 0) is 4.79 Å². The lowest BCUT2D eigenvalue weighted by Gasteiger charge is -2.44. The molecule has 3 aromatic heterocycles. The Hall–Kier alpha value is -2.74. The molecule has 3 N–H and O–H groups in total. The lowest BCUT2D eigenvalue weighted by Crippen LogP contribution is -2.51. The number of aliphatic hydroxyl groups excluding tert-OH is 1. The zero-order chi connectivity index (χ0) is 20.0. The third kappa shape index (κ3) is 3.17. The van der Waals surface area contributed by atoms with E-state index in [0.29, 0.717) is 11.5 Å². The van der Waals surface area contributed by atoms with E-state index in [1.807, 2.05) is 26.1 Å². The highest BCUT2D eigenvalue weighted by atomic mass is 16.3. The van der Waals surface area contributed by atoms with Gasteiger partial charge >= 0.3 is 0 Å². The summed E-state index contributed by atoms with van der Waals surface area (Å²) in [6.45, 7) is 7.62. The molecule has 1 amide bonds. The molecular weight excluding hydrogens is 356 g/mol. The highest BCUT2D eigenvalue weighted by Gasteiger charge is 2.41. The Morgan fingerprint density at radius 1 is 1.39 bits per heavy atom. The average molecular weight is 382 g/mol. The van der Waals surface area contributed by atoms with Crippen molar-refractivity contribution in [1.29, 1.82) is 0 Å². The maximum Gasteiger partial charge on any atom is 0.217 e. The molecule has 0 radical (unpaired) electrons. The molecule has 4 rings (SSSR count). The van der Waals surface area contributed by atoms with Gasteiger partial charge in [0.05, 0.1) is 17.5 Å². The van der Waals surface area contributed by atoms with Crippen molar-refractivity contribution in [2.75, 3.05) is 0 Å². The minimum atomic E-state index is -0.662. The van der Waals surface area contributed by atoms with E-state index in [0.717, 1.165) is 23.2 Å². The summed E-state index contributed by atoms with van der Waals surface area (Å²) in [4.78, 5) is 27.8. The quantitative estimate of drug-likeness (QED) is 0.628. The first kappa shape index (κ1) is 18.6. The summed E-state index contributed by atoms with van der Waals surface area (Å²) in [5.41, 5.74) is 3.16. The molecule has 4 unspecified atom stereocenters. The zero-order valence-electron chi connectivity index (χ0n) is 16.5. The third-order valence-electron chi connectivity index (χ3n) is 5.71. The first-order chi connectivity index (χ1) is 13.3. The minimum absolute atomic E-state index is 0.0111. The lowest BCUT2D eigenvalue weighted by atomic mass is 9.75. The Kier molecular flexibility index (Phi) is 4.66. The molecule has 1 saturated carbocycles. The summed E-state index contributed by atoms with van der Waals surface area (Å²) < 4.78 is 2.08. The number of aromatic amines is 1. The number of hydrogen-bond donors (Lipinski definition) is 3. The first-order valence-electron chi connectivity index (χ1n) is 9.68. The van der Waals surface area contributed by atoms with Crippen molar-refractivity contribution >= 4 is 17.1 Å². The molecule has 0 saturated heterocycles. The standard InChI is InChI=1S/C20H26N6O2/c1-10(2)18(28)20-25-16(13-5-15-19(21-7-13)23-9-22-15)8-26(20)17-6-14(11(17)3)24-12(4)27/h5,7-11,14,17-18,28H,6H2,1-4H3,(H,24,27)(H,21,22,23). The highest BCUT2D eigenvalue weighted by Crippen LogP contribution is 2.41. The van der Waals surface area contributed by atoms with E-state index in [1.165, 1.54) is 0 Å². The van der Waals surface area contributed by atoms with Gasteiger partial charge in [-0.1, -0.05) is 20.8 Å². The van der Waals surface area contributed by atoms with E-state index in [9.17, 15) is 9.90 Å². The maximum absolute atomic E-state index is 11.4. The van der Waals surface area contributed by atoms with Gasteiger partial charge in [-0.05, 0) is 24.3 Å². The Bertz CT molecular complexity index is 1010. The summed E-state index contributed by atoms with van der Waals surface area (Å²) in [7, 11) is 0. The Morgan fingerprint density at radius 2 is 2.18 bits per heavy atom. The van der Waals surface area contributed by atoms with Crippen LogP contribution in [0.15, 0.2) is 24.8 Å². The van der Waals surface area contributed by atoms with Gasteiger partial charge in [0.2, 0.25) is 5.91 Å². The molecule has 1 aliphatic rings. The van der Waals surface area contributed by atoms with Crippen molar-refractivity contribution < 1.29 is 9.90 Å². The molecule has 3 heterocycles. The summed E-state index contributed by atoms with van der Waals surface area (Å²) in [5.74, 6) is 0.955. The molecule has 3 aromatic rings. The van der Waals surface area contributed by atoms with Crippen molar-refractivity contribution in [2.45, 2.75) is 52.3 Å². The van der Waals surface area contributed by atoms with Crippen LogP contribution < -0.4 is 5.32 Å². The second-order valence-electron chi connectivity index (χ2n) is 8.05. The van der Waals surface area contributed by atoms with E-state index in [1.54, 1.807) is 19.4 Å². The van der Waals surface area contributed by atoms with Crippen LogP contribution in [0.2, 0.25) is 0 Å². The molecule has 0 bridgehead atoms. The number of hydrogen-bond acceptors (Lipinski definition) is 5. The van der Waals surface area contributed by atoms with Crippen molar-refractivity contribution in [1.82, 2.24) is 29.8 Å². The molecule has 1 fully saturated rings. The highest BCUT2D eigenvalue weighted by molar-refractivity contribution is 5.76. The number of pyridine rings is 1. The topological polar surface area (TPSA) is 109 Å². The van der Waals surface area contributed by atoms with E-state index >= 15 is 0 Å². The van der Waals surface area contributed by atoms with E-state index in [2.05, 4.69) is 31.8 Å². The largest absolute Gasteiger partial charge is 0.385 e. The summed E-state index contributed by atoms with van der Waals surface area (Å²) in [6, 6.07) is 2.31.